The topological polar surface area (TPSA) is 50.9 Å². The van der Waals surface area contributed by atoms with Gasteiger partial charge in [0.15, 0.2) is 0 Å². The van der Waals surface area contributed by atoms with E-state index in [1.807, 2.05) is 24.3 Å². The van der Waals surface area contributed by atoms with Crippen molar-refractivity contribution in [1.82, 2.24) is 4.98 Å². The average molecular weight is 213 g/mol. The number of nitrogens with two attached hydrogens (primary N) is 1. The Hall–Kier alpha value is -2.03. The number of nitrogens with one attached hydrogen (secondary N) is 1. The molecule has 0 radical (unpaired) electrons. The summed E-state index contributed by atoms with van der Waals surface area (Å²) in [6.07, 6.45) is 1.05. The van der Waals surface area contributed by atoms with E-state index < -0.39 is 0 Å². The predicted molar refractivity (Wildman–Crippen MR) is 67.8 cm³/mol. The lowest BCUT2D eigenvalue weighted by Gasteiger charge is -2.06. The number of benzene rings is 1. The third-order valence-corrected chi connectivity index (χ3v) is 2.41. The summed E-state index contributed by atoms with van der Waals surface area (Å²) in [6.45, 7) is 2.14. The van der Waals surface area contributed by atoms with Gasteiger partial charge in [0.2, 0.25) is 0 Å². The molecule has 16 heavy (non-hydrogen) atoms. The summed E-state index contributed by atoms with van der Waals surface area (Å²) in [6, 6.07) is 13.8. The summed E-state index contributed by atoms with van der Waals surface area (Å²) in [5.74, 6) is 1.29. The molecule has 0 amide bonds. The van der Waals surface area contributed by atoms with E-state index in [-0.39, 0.29) is 0 Å². The zero-order valence-electron chi connectivity index (χ0n) is 9.27. The van der Waals surface area contributed by atoms with E-state index in [1.165, 1.54) is 5.56 Å². The molecule has 1 heterocycles. The van der Waals surface area contributed by atoms with Crippen LogP contribution in [-0.2, 0) is 6.42 Å². The standard InChI is InChI=1S/C13H15N3/c1-2-10-6-8-11(9-7-10)15-13-5-3-4-12(14)16-13/h3-9H,2H2,1H3,(H3,14,15,16). The number of aromatic nitrogens is 1. The Labute approximate surface area is 95.3 Å². The zero-order chi connectivity index (χ0) is 11.4. The molecule has 0 spiro atoms. The summed E-state index contributed by atoms with van der Waals surface area (Å²) in [7, 11) is 0. The van der Waals surface area contributed by atoms with Crippen molar-refractivity contribution in [3.8, 4) is 0 Å². The summed E-state index contributed by atoms with van der Waals surface area (Å²) < 4.78 is 0. The predicted octanol–water partition coefficient (Wildman–Crippen LogP) is 2.97. The van der Waals surface area contributed by atoms with Crippen LogP contribution < -0.4 is 11.1 Å². The fourth-order valence-electron chi connectivity index (χ4n) is 1.49. The van der Waals surface area contributed by atoms with Gasteiger partial charge in [0, 0.05) is 5.69 Å². The highest BCUT2D eigenvalue weighted by molar-refractivity contribution is 5.57. The van der Waals surface area contributed by atoms with Gasteiger partial charge in [-0.2, -0.15) is 0 Å². The number of nitrogen functional groups attached to an aromatic ring is 1. The first-order valence-corrected chi connectivity index (χ1v) is 5.36. The second kappa shape index (κ2) is 4.66. The molecular weight excluding hydrogens is 198 g/mol. The van der Waals surface area contributed by atoms with Crippen LogP contribution in [0.25, 0.3) is 0 Å². The molecule has 82 valence electrons. The van der Waals surface area contributed by atoms with Gasteiger partial charge in [0.05, 0.1) is 0 Å². The molecule has 0 atom stereocenters. The number of hydrogen-bond donors (Lipinski definition) is 2. The Morgan fingerprint density at radius 2 is 1.88 bits per heavy atom. The van der Waals surface area contributed by atoms with E-state index in [4.69, 9.17) is 5.73 Å². The monoisotopic (exact) mass is 213 g/mol. The summed E-state index contributed by atoms with van der Waals surface area (Å²) in [4.78, 5) is 4.18. The van der Waals surface area contributed by atoms with E-state index in [9.17, 15) is 0 Å². The van der Waals surface area contributed by atoms with Gasteiger partial charge in [-0.25, -0.2) is 4.98 Å². The van der Waals surface area contributed by atoms with Gasteiger partial charge in [0.25, 0.3) is 0 Å². The van der Waals surface area contributed by atoms with Crippen molar-refractivity contribution < 1.29 is 0 Å². The maximum Gasteiger partial charge on any atom is 0.132 e. The Kier molecular flexibility index (Phi) is 3.05. The highest BCUT2D eigenvalue weighted by atomic mass is 15.0. The molecule has 3 heteroatoms. The maximum atomic E-state index is 5.61. The van der Waals surface area contributed by atoms with Gasteiger partial charge in [-0.3, -0.25) is 0 Å². The first-order chi connectivity index (χ1) is 7.78. The first kappa shape index (κ1) is 10.5. The lowest BCUT2D eigenvalue weighted by molar-refractivity contribution is 1.14. The molecule has 0 saturated carbocycles. The van der Waals surface area contributed by atoms with E-state index in [0.29, 0.717) is 5.82 Å². The minimum atomic E-state index is 0.523. The molecule has 1 aromatic carbocycles. The van der Waals surface area contributed by atoms with E-state index in [0.717, 1.165) is 17.9 Å². The van der Waals surface area contributed by atoms with Crippen LogP contribution in [0.3, 0.4) is 0 Å². The molecular formula is C13H15N3. The zero-order valence-corrected chi connectivity index (χ0v) is 9.27. The van der Waals surface area contributed by atoms with Crippen LogP contribution in [0.15, 0.2) is 42.5 Å². The number of hydrogen-bond acceptors (Lipinski definition) is 3. The van der Waals surface area contributed by atoms with Crippen molar-refractivity contribution in [1.29, 1.82) is 0 Å². The summed E-state index contributed by atoms with van der Waals surface area (Å²) >= 11 is 0. The second-order valence-corrected chi connectivity index (χ2v) is 3.62. The average Bonchev–Trinajstić information content (AvgIpc) is 2.30. The third-order valence-electron chi connectivity index (χ3n) is 2.41. The third kappa shape index (κ3) is 2.51. The quantitative estimate of drug-likeness (QED) is 0.824. The number of pyridine rings is 1. The van der Waals surface area contributed by atoms with E-state index in [2.05, 4.69) is 29.4 Å². The number of rotatable bonds is 3. The smallest absolute Gasteiger partial charge is 0.132 e. The Bertz CT molecular complexity index is 463. The van der Waals surface area contributed by atoms with Crippen LogP contribution in [0.5, 0.6) is 0 Å². The molecule has 0 fully saturated rings. The number of anilines is 3. The molecule has 1 aromatic heterocycles. The van der Waals surface area contributed by atoms with Crippen LogP contribution in [-0.4, -0.2) is 4.98 Å². The van der Waals surface area contributed by atoms with Gasteiger partial charge >= 0.3 is 0 Å². The van der Waals surface area contributed by atoms with E-state index >= 15 is 0 Å². The molecule has 2 rings (SSSR count). The fraction of sp³-hybridized carbons (Fsp3) is 0.154. The van der Waals surface area contributed by atoms with Gasteiger partial charge in [-0.05, 0) is 36.2 Å². The van der Waals surface area contributed by atoms with Gasteiger partial charge in [-0.15, -0.1) is 0 Å². The van der Waals surface area contributed by atoms with Crippen molar-refractivity contribution in [2.75, 3.05) is 11.1 Å². The van der Waals surface area contributed by atoms with Crippen LogP contribution in [0.2, 0.25) is 0 Å². The fourth-order valence-corrected chi connectivity index (χ4v) is 1.49. The molecule has 0 aliphatic carbocycles. The lowest BCUT2D eigenvalue weighted by Crippen LogP contribution is -1.96. The highest BCUT2D eigenvalue weighted by Gasteiger charge is 1.96. The van der Waals surface area contributed by atoms with Crippen molar-refractivity contribution in [2.45, 2.75) is 13.3 Å². The molecule has 0 aliphatic heterocycles. The normalized spacial score (nSPS) is 10.1. The van der Waals surface area contributed by atoms with Crippen LogP contribution in [0.4, 0.5) is 17.3 Å². The van der Waals surface area contributed by atoms with Gasteiger partial charge in [-0.1, -0.05) is 25.1 Å². The van der Waals surface area contributed by atoms with Crippen LogP contribution >= 0.6 is 0 Å². The first-order valence-electron chi connectivity index (χ1n) is 5.36. The second-order valence-electron chi connectivity index (χ2n) is 3.62. The number of aryl methyl sites for hydroxylation is 1. The minimum Gasteiger partial charge on any atom is -0.384 e. The lowest BCUT2D eigenvalue weighted by atomic mass is 10.1. The van der Waals surface area contributed by atoms with Gasteiger partial charge in [0.1, 0.15) is 11.6 Å². The number of nitrogens with zero attached hydrogens (tertiary/aromatic N) is 1. The SMILES string of the molecule is CCc1ccc(Nc2cccc(N)n2)cc1. The van der Waals surface area contributed by atoms with Crippen molar-refractivity contribution in [3.63, 3.8) is 0 Å². The molecule has 0 aliphatic rings. The summed E-state index contributed by atoms with van der Waals surface area (Å²) in [5.41, 5.74) is 7.96. The maximum absolute atomic E-state index is 5.61. The Morgan fingerprint density at radius 3 is 2.50 bits per heavy atom. The molecule has 3 N–H and O–H groups in total. The Morgan fingerprint density at radius 1 is 1.12 bits per heavy atom. The van der Waals surface area contributed by atoms with Crippen LogP contribution in [0, 0.1) is 0 Å². The largest absolute Gasteiger partial charge is 0.384 e. The van der Waals surface area contributed by atoms with Crippen molar-refractivity contribution in [3.05, 3.63) is 48.0 Å². The molecule has 3 nitrogen and oxygen atoms in total. The minimum absolute atomic E-state index is 0.523. The molecule has 0 saturated heterocycles. The highest BCUT2D eigenvalue weighted by Crippen LogP contribution is 2.16. The van der Waals surface area contributed by atoms with Crippen LogP contribution in [0.1, 0.15) is 12.5 Å². The van der Waals surface area contributed by atoms with Crippen molar-refractivity contribution >= 4 is 17.3 Å². The van der Waals surface area contributed by atoms with E-state index in [1.54, 1.807) is 6.07 Å². The summed E-state index contributed by atoms with van der Waals surface area (Å²) in [5, 5.41) is 3.20. The van der Waals surface area contributed by atoms with Gasteiger partial charge < -0.3 is 11.1 Å². The molecule has 0 unspecified atom stereocenters. The van der Waals surface area contributed by atoms with Crippen molar-refractivity contribution in [2.24, 2.45) is 0 Å². The molecule has 2 aromatic rings. The molecule has 0 bridgehead atoms. The Balaban J connectivity index is 2.14.